The molecule has 1 aromatic rings. The lowest BCUT2D eigenvalue weighted by Crippen LogP contribution is -2.52. The van der Waals surface area contributed by atoms with Crippen LogP contribution in [0.15, 0.2) is 24.3 Å². The molecule has 0 unspecified atom stereocenters. The monoisotopic (exact) mass is 360 g/mol. The predicted octanol–water partition coefficient (Wildman–Crippen LogP) is 2.23. The van der Waals surface area contributed by atoms with Crippen LogP contribution in [-0.4, -0.2) is 35.1 Å². The number of hydrogen-bond acceptors (Lipinski definition) is 2. The fourth-order valence-corrected chi connectivity index (χ4v) is 2.39. The van der Waals surface area contributed by atoms with Crippen molar-refractivity contribution in [1.29, 1.82) is 0 Å². The number of para-hydroxylation sites is 1. The van der Waals surface area contributed by atoms with E-state index in [4.69, 9.17) is 5.11 Å². The molecule has 96 valence electrons. The fraction of sp³-hybridized carbons (Fsp3) is 0.333. The summed E-state index contributed by atoms with van der Waals surface area (Å²) >= 11 is 2.16. The number of aliphatic carboxylic acids is 1. The molecule has 0 saturated carbocycles. The second-order valence-corrected chi connectivity index (χ2v) is 5.44. The van der Waals surface area contributed by atoms with E-state index in [1.165, 1.54) is 0 Å². The Labute approximate surface area is 118 Å². The smallest absolute Gasteiger partial charge is 0.321 e. The van der Waals surface area contributed by atoms with Crippen molar-refractivity contribution in [2.45, 2.75) is 6.42 Å². The molecule has 0 bridgehead atoms. The molecule has 1 fully saturated rings. The normalized spacial score (nSPS) is 15.1. The number of urea groups is 1. The molecule has 0 spiro atoms. The molecular weight excluding hydrogens is 347 g/mol. The van der Waals surface area contributed by atoms with Crippen LogP contribution < -0.4 is 5.32 Å². The van der Waals surface area contributed by atoms with E-state index >= 15 is 0 Å². The third kappa shape index (κ3) is 3.12. The lowest BCUT2D eigenvalue weighted by molar-refractivity contribution is -0.139. The number of carbonyl (C=O) groups is 2. The first-order chi connectivity index (χ1) is 8.56. The first-order valence-corrected chi connectivity index (χ1v) is 6.66. The minimum absolute atomic E-state index is 0.0862. The van der Waals surface area contributed by atoms with Crippen molar-refractivity contribution in [3.63, 3.8) is 0 Å². The van der Waals surface area contributed by atoms with E-state index in [0.717, 1.165) is 9.26 Å². The average Bonchev–Trinajstić information content (AvgIpc) is 2.25. The van der Waals surface area contributed by atoms with E-state index in [9.17, 15) is 9.59 Å². The SMILES string of the molecule is O=C(O)CC1CN(C(=O)Nc2ccccc2I)C1. The first kappa shape index (κ1) is 13.1. The molecule has 0 aliphatic carbocycles. The molecule has 6 heteroatoms. The number of nitrogens with one attached hydrogen (secondary N) is 1. The van der Waals surface area contributed by atoms with Crippen LogP contribution in [0.2, 0.25) is 0 Å². The number of nitrogens with zero attached hydrogens (tertiary/aromatic N) is 1. The summed E-state index contributed by atoms with van der Waals surface area (Å²) in [4.78, 5) is 24.0. The Kier molecular flexibility index (Phi) is 4.05. The number of halogens is 1. The highest BCUT2D eigenvalue weighted by Gasteiger charge is 2.32. The Morgan fingerprint density at radius 1 is 1.39 bits per heavy atom. The molecule has 18 heavy (non-hydrogen) atoms. The Morgan fingerprint density at radius 2 is 2.06 bits per heavy atom. The van der Waals surface area contributed by atoms with Gasteiger partial charge in [-0.3, -0.25) is 4.79 Å². The summed E-state index contributed by atoms with van der Waals surface area (Å²) in [6.45, 7) is 1.03. The molecule has 1 heterocycles. The van der Waals surface area contributed by atoms with Crippen LogP contribution in [0.1, 0.15) is 6.42 Å². The van der Waals surface area contributed by atoms with Gasteiger partial charge in [0, 0.05) is 22.6 Å². The van der Waals surface area contributed by atoms with Crippen LogP contribution in [0.5, 0.6) is 0 Å². The number of benzene rings is 1. The van der Waals surface area contributed by atoms with Gasteiger partial charge in [-0.1, -0.05) is 12.1 Å². The summed E-state index contributed by atoms with van der Waals surface area (Å²) in [6.07, 6.45) is 0.132. The maximum atomic E-state index is 11.8. The topological polar surface area (TPSA) is 69.6 Å². The Morgan fingerprint density at radius 3 is 2.67 bits per heavy atom. The molecule has 0 aromatic heterocycles. The minimum atomic E-state index is -0.808. The molecule has 1 aliphatic heterocycles. The van der Waals surface area contributed by atoms with E-state index in [2.05, 4.69) is 27.9 Å². The van der Waals surface area contributed by atoms with Gasteiger partial charge >= 0.3 is 12.0 Å². The number of hydrogen-bond donors (Lipinski definition) is 2. The Hall–Kier alpha value is -1.31. The highest BCUT2D eigenvalue weighted by molar-refractivity contribution is 14.1. The van der Waals surface area contributed by atoms with Gasteiger partial charge in [0.1, 0.15) is 0 Å². The van der Waals surface area contributed by atoms with Crippen molar-refractivity contribution in [3.8, 4) is 0 Å². The van der Waals surface area contributed by atoms with Crippen molar-refractivity contribution in [3.05, 3.63) is 27.8 Å². The number of likely N-dealkylation sites (tertiary alicyclic amines) is 1. The maximum absolute atomic E-state index is 11.8. The van der Waals surface area contributed by atoms with Crippen LogP contribution in [-0.2, 0) is 4.79 Å². The van der Waals surface area contributed by atoms with E-state index in [1.807, 2.05) is 24.3 Å². The number of carbonyl (C=O) groups excluding carboxylic acids is 1. The average molecular weight is 360 g/mol. The summed E-state index contributed by atoms with van der Waals surface area (Å²) in [5.41, 5.74) is 0.782. The Bertz CT molecular complexity index is 472. The highest BCUT2D eigenvalue weighted by atomic mass is 127. The van der Waals surface area contributed by atoms with Crippen LogP contribution in [0.3, 0.4) is 0 Å². The van der Waals surface area contributed by atoms with E-state index < -0.39 is 5.97 Å². The number of carboxylic acid groups (broad SMARTS) is 1. The zero-order chi connectivity index (χ0) is 13.1. The van der Waals surface area contributed by atoms with Gasteiger partial charge in [-0.15, -0.1) is 0 Å². The molecule has 2 N–H and O–H groups in total. The quantitative estimate of drug-likeness (QED) is 0.813. The third-order valence-corrected chi connectivity index (χ3v) is 3.76. The number of anilines is 1. The number of carboxylic acids is 1. The van der Waals surface area contributed by atoms with Crippen LogP contribution >= 0.6 is 22.6 Å². The van der Waals surface area contributed by atoms with Crippen molar-refractivity contribution in [1.82, 2.24) is 4.90 Å². The number of rotatable bonds is 3. The second-order valence-electron chi connectivity index (χ2n) is 4.28. The predicted molar refractivity (Wildman–Crippen MR) is 75.5 cm³/mol. The zero-order valence-corrected chi connectivity index (χ0v) is 11.8. The van der Waals surface area contributed by atoms with Gasteiger partial charge < -0.3 is 15.3 Å². The van der Waals surface area contributed by atoms with Crippen LogP contribution in [0.4, 0.5) is 10.5 Å². The van der Waals surface area contributed by atoms with Crippen LogP contribution in [0.25, 0.3) is 0 Å². The van der Waals surface area contributed by atoms with Crippen molar-refractivity contribution >= 4 is 40.3 Å². The van der Waals surface area contributed by atoms with Gasteiger partial charge in [0.25, 0.3) is 0 Å². The van der Waals surface area contributed by atoms with E-state index in [1.54, 1.807) is 4.90 Å². The summed E-state index contributed by atoms with van der Waals surface area (Å²) in [6, 6.07) is 7.36. The summed E-state index contributed by atoms with van der Waals surface area (Å²) in [7, 11) is 0. The number of amides is 2. The molecule has 0 radical (unpaired) electrons. The first-order valence-electron chi connectivity index (χ1n) is 5.58. The van der Waals surface area contributed by atoms with E-state index in [-0.39, 0.29) is 18.4 Å². The summed E-state index contributed by atoms with van der Waals surface area (Å²) in [5, 5.41) is 11.4. The fourth-order valence-electron chi connectivity index (χ4n) is 1.87. The summed E-state index contributed by atoms with van der Waals surface area (Å²) in [5.74, 6) is -0.722. The molecule has 5 nitrogen and oxygen atoms in total. The van der Waals surface area contributed by atoms with Gasteiger partial charge in [0.05, 0.1) is 12.1 Å². The summed E-state index contributed by atoms with van der Waals surface area (Å²) < 4.78 is 0.978. The Balaban J connectivity index is 1.84. The highest BCUT2D eigenvalue weighted by Crippen LogP contribution is 2.22. The third-order valence-electron chi connectivity index (χ3n) is 2.82. The van der Waals surface area contributed by atoms with E-state index in [0.29, 0.717) is 13.1 Å². The molecule has 0 atom stereocenters. The van der Waals surface area contributed by atoms with Crippen molar-refractivity contribution < 1.29 is 14.7 Å². The largest absolute Gasteiger partial charge is 0.481 e. The van der Waals surface area contributed by atoms with Crippen molar-refractivity contribution in [2.24, 2.45) is 5.92 Å². The van der Waals surface area contributed by atoms with Crippen LogP contribution in [0, 0.1) is 9.49 Å². The molecule has 1 saturated heterocycles. The minimum Gasteiger partial charge on any atom is -0.481 e. The van der Waals surface area contributed by atoms with Gasteiger partial charge in [-0.25, -0.2) is 4.79 Å². The van der Waals surface area contributed by atoms with Gasteiger partial charge in [0.2, 0.25) is 0 Å². The van der Waals surface area contributed by atoms with Gasteiger partial charge in [0.15, 0.2) is 0 Å². The maximum Gasteiger partial charge on any atom is 0.321 e. The molecule has 2 rings (SSSR count). The second kappa shape index (κ2) is 5.55. The van der Waals surface area contributed by atoms with Crippen molar-refractivity contribution in [2.75, 3.05) is 18.4 Å². The molecular formula is C12H13IN2O3. The standard InChI is InChI=1S/C12H13IN2O3/c13-9-3-1-2-4-10(9)14-12(18)15-6-8(7-15)5-11(16)17/h1-4,8H,5-7H2,(H,14,18)(H,16,17). The molecule has 2 amide bonds. The van der Waals surface area contributed by atoms with Gasteiger partial charge in [-0.2, -0.15) is 0 Å². The van der Waals surface area contributed by atoms with Gasteiger partial charge in [-0.05, 0) is 34.7 Å². The lowest BCUT2D eigenvalue weighted by Gasteiger charge is -2.38. The zero-order valence-electron chi connectivity index (χ0n) is 9.60. The lowest BCUT2D eigenvalue weighted by atomic mass is 9.97. The molecule has 1 aromatic carbocycles. The molecule has 1 aliphatic rings.